The van der Waals surface area contributed by atoms with Gasteiger partial charge in [-0.1, -0.05) is 0 Å². The van der Waals surface area contributed by atoms with Crippen LogP contribution in [0.3, 0.4) is 0 Å². The van der Waals surface area contributed by atoms with Crippen molar-refractivity contribution < 1.29 is 35.7 Å². The first-order valence-electron chi connectivity index (χ1n) is 10.9. The van der Waals surface area contributed by atoms with E-state index < -0.39 is 56.3 Å². The summed E-state index contributed by atoms with van der Waals surface area (Å²) in [5.74, 6) is -6.18. The van der Waals surface area contributed by atoms with Crippen molar-refractivity contribution in [3.05, 3.63) is 47.7 Å². The first kappa shape index (κ1) is 28.2. The Morgan fingerprint density at radius 2 is 2.00 bits per heavy atom. The van der Waals surface area contributed by atoms with Gasteiger partial charge in [-0.3, -0.25) is 9.79 Å². The Kier molecular flexibility index (Phi) is 8.05. The Bertz CT molecular complexity index is 1310. The molecule has 2 heterocycles. The van der Waals surface area contributed by atoms with E-state index >= 15 is 0 Å². The van der Waals surface area contributed by atoms with Gasteiger partial charge in [0, 0.05) is 24.8 Å². The van der Waals surface area contributed by atoms with Crippen LogP contribution >= 0.6 is 0 Å². The molecule has 3 N–H and O–H groups in total. The lowest BCUT2D eigenvalue weighted by Crippen LogP contribution is -2.46. The van der Waals surface area contributed by atoms with Gasteiger partial charge in [0.2, 0.25) is 5.88 Å². The number of aromatic nitrogens is 2. The van der Waals surface area contributed by atoms with Gasteiger partial charge in [0.25, 0.3) is 5.91 Å². The fourth-order valence-corrected chi connectivity index (χ4v) is 6.55. The van der Waals surface area contributed by atoms with Crippen molar-refractivity contribution in [3.8, 4) is 5.88 Å². The van der Waals surface area contributed by atoms with Crippen molar-refractivity contribution in [1.29, 1.82) is 0 Å². The van der Waals surface area contributed by atoms with Crippen LogP contribution in [0.5, 0.6) is 5.88 Å². The number of benzene rings is 1. The Balaban J connectivity index is 1.79. The molecule has 37 heavy (non-hydrogen) atoms. The summed E-state index contributed by atoms with van der Waals surface area (Å²) in [6.45, 7) is 1.87. The summed E-state index contributed by atoms with van der Waals surface area (Å²) in [5.41, 5.74) is 5.96. The zero-order chi connectivity index (χ0) is 27.6. The number of anilines is 1. The van der Waals surface area contributed by atoms with Gasteiger partial charge in [-0.2, -0.15) is 8.78 Å². The molecule has 0 radical (unpaired) electrons. The smallest absolute Gasteiger partial charge is 0.340 e. The zero-order valence-corrected chi connectivity index (χ0v) is 20.9. The Morgan fingerprint density at radius 3 is 2.59 bits per heavy atom. The van der Waals surface area contributed by atoms with Crippen LogP contribution in [0.1, 0.15) is 41.6 Å². The quantitative estimate of drug-likeness (QED) is 0.278. The highest BCUT2D eigenvalue weighted by Crippen LogP contribution is 2.42. The number of halogens is 5. The van der Waals surface area contributed by atoms with E-state index in [1.807, 2.05) is 0 Å². The predicted octanol–water partition coefficient (Wildman–Crippen LogP) is 3.83. The molecular formula is C22H25F5N6O3S. The lowest BCUT2D eigenvalue weighted by Gasteiger charge is -2.31. The highest BCUT2D eigenvalue weighted by molar-refractivity contribution is 7.96. The molecule has 1 aromatic carbocycles. The molecule has 1 aromatic heterocycles. The Labute approximate surface area is 209 Å². The summed E-state index contributed by atoms with van der Waals surface area (Å²) in [5, 5.41) is 1.68. The number of ether oxygens (including phenoxy) is 1. The number of hydrogen-bond acceptors (Lipinski definition) is 7. The van der Waals surface area contributed by atoms with Gasteiger partial charge in [-0.05, 0) is 38.5 Å². The minimum atomic E-state index is -4.38. The fraction of sp³-hybridized carbons (Fsp3) is 0.455. The molecule has 9 nitrogen and oxygen atoms in total. The molecule has 15 heteroatoms. The van der Waals surface area contributed by atoms with Gasteiger partial charge in [-0.15, -0.1) is 0 Å². The first-order valence-corrected chi connectivity index (χ1v) is 12.5. The Morgan fingerprint density at radius 1 is 1.30 bits per heavy atom. The summed E-state index contributed by atoms with van der Waals surface area (Å²) >= 11 is 0. The van der Waals surface area contributed by atoms with Crippen molar-refractivity contribution in [2.24, 2.45) is 15.1 Å². The molecule has 0 bridgehead atoms. The van der Waals surface area contributed by atoms with Gasteiger partial charge in [-0.25, -0.2) is 31.7 Å². The summed E-state index contributed by atoms with van der Waals surface area (Å²) in [6, 6.07) is 3.74. The third-order valence-corrected chi connectivity index (χ3v) is 9.34. The molecule has 1 aliphatic heterocycles. The van der Waals surface area contributed by atoms with Crippen LogP contribution < -0.4 is 15.8 Å². The number of rotatable bonds is 9. The largest absolute Gasteiger partial charge is 0.470 e. The monoisotopic (exact) mass is 548 g/mol. The molecule has 2 atom stereocenters. The molecule has 0 spiro atoms. The molecule has 0 fully saturated rings. The molecular weight excluding hydrogens is 523 g/mol. The van der Waals surface area contributed by atoms with E-state index in [2.05, 4.69) is 29.4 Å². The molecule has 1 aliphatic rings. The van der Waals surface area contributed by atoms with Crippen molar-refractivity contribution in [1.82, 2.24) is 9.97 Å². The lowest BCUT2D eigenvalue weighted by molar-refractivity contribution is -0.148. The maximum Gasteiger partial charge on any atom is 0.340 e. The fourth-order valence-electron chi connectivity index (χ4n) is 3.62. The SMILES string of the molecule is CN=C(N)C(C)(C)S1(=O)=NCC[C@H]1c1cc(NC(=O)c2cnc(OCC(F)(F)C(F)F)cn2)ccc1F. The average Bonchev–Trinajstić information content (AvgIpc) is 3.26. The third kappa shape index (κ3) is 5.65. The highest BCUT2D eigenvalue weighted by atomic mass is 32.2. The van der Waals surface area contributed by atoms with Gasteiger partial charge in [0.15, 0.2) is 6.61 Å². The number of carbonyl (C=O) groups excluding carboxylic acids is 1. The van der Waals surface area contributed by atoms with Crippen LogP contribution in [-0.2, 0) is 9.73 Å². The third-order valence-electron chi connectivity index (χ3n) is 5.84. The molecule has 1 unspecified atom stereocenters. The number of carbonyl (C=O) groups is 1. The van der Waals surface area contributed by atoms with Crippen LogP contribution in [0.15, 0.2) is 39.9 Å². The van der Waals surface area contributed by atoms with Crippen LogP contribution in [0, 0.1) is 5.82 Å². The normalized spacial score (nSPS) is 20.6. The average molecular weight is 549 g/mol. The van der Waals surface area contributed by atoms with E-state index in [1.165, 1.54) is 19.2 Å². The second-order valence-corrected chi connectivity index (χ2v) is 11.6. The predicted molar refractivity (Wildman–Crippen MR) is 127 cm³/mol. The number of nitrogens with two attached hydrogens (primary N) is 1. The van der Waals surface area contributed by atoms with E-state index in [-0.39, 0.29) is 29.3 Å². The minimum Gasteiger partial charge on any atom is -0.470 e. The summed E-state index contributed by atoms with van der Waals surface area (Å²) in [7, 11) is -1.64. The van der Waals surface area contributed by atoms with Crippen LogP contribution in [0.4, 0.5) is 27.6 Å². The van der Waals surface area contributed by atoms with Crippen LogP contribution in [0.25, 0.3) is 0 Å². The van der Waals surface area contributed by atoms with Crippen molar-refractivity contribution in [2.45, 2.75) is 42.6 Å². The van der Waals surface area contributed by atoms with Crippen LogP contribution in [0.2, 0.25) is 0 Å². The van der Waals surface area contributed by atoms with E-state index in [9.17, 15) is 31.0 Å². The van der Waals surface area contributed by atoms with Gasteiger partial charge in [0.05, 0.1) is 27.4 Å². The topological polar surface area (TPSA) is 132 Å². The van der Waals surface area contributed by atoms with Gasteiger partial charge >= 0.3 is 12.3 Å². The molecule has 3 rings (SSSR count). The zero-order valence-electron chi connectivity index (χ0n) is 20.1. The van der Waals surface area contributed by atoms with E-state index in [0.29, 0.717) is 6.42 Å². The Hall–Kier alpha value is -3.36. The maximum atomic E-state index is 14.9. The number of amides is 1. The number of amidine groups is 1. The van der Waals surface area contributed by atoms with Gasteiger partial charge in [0.1, 0.15) is 22.1 Å². The number of hydrogen-bond donors (Lipinski definition) is 2. The minimum absolute atomic E-state index is 0.0795. The van der Waals surface area contributed by atoms with Crippen molar-refractivity contribution in [3.63, 3.8) is 0 Å². The van der Waals surface area contributed by atoms with Crippen molar-refractivity contribution in [2.75, 3.05) is 25.5 Å². The van der Waals surface area contributed by atoms with Crippen molar-refractivity contribution >= 4 is 27.2 Å². The second kappa shape index (κ2) is 10.6. The number of alkyl halides is 4. The first-order chi connectivity index (χ1) is 17.2. The number of aliphatic imine (C=N–C) groups is 1. The molecule has 202 valence electrons. The molecule has 0 saturated carbocycles. The standard InChI is InChI=1S/C22H25F5N6O3S/c1-21(2,20(28)29-3)37(35)16(6-7-32-37)13-8-12(4-5-14(13)23)33-18(34)15-9-31-17(10-30-15)36-11-22(26,27)19(24)25/h4-5,8-10,16,19H,6-7,11H2,1-3H3,(H2,28,29)(H,33,34)/t16-,37?/m0/s1. The molecule has 0 aliphatic carbocycles. The number of nitrogens with one attached hydrogen (secondary N) is 1. The van der Waals surface area contributed by atoms with Gasteiger partial charge < -0.3 is 15.8 Å². The second-order valence-electron chi connectivity index (χ2n) is 8.60. The summed E-state index contributed by atoms with van der Waals surface area (Å²) in [4.78, 5) is 23.9. The molecule has 0 saturated heterocycles. The van der Waals surface area contributed by atoms with E-state index in [1.54, 1.807) is 13.8 Å². The van der Waals surface area contributed by atoms with E-state index in [4.69, 9.17) is 5.73 Å². The summed E-state index contributed by atoms with van der Waals surface area (Å²) in [6.07, 6.45) is -1.90. The lowest BCUT2D eigenvalue weighted by atomic mass is 10.1. The molecule has 2 aromatic rings. The maximum absolute atomic E-state index is 14.9. The number of nitrogens with zero attached hydrogens (tertiary/aromatic N) is 4. The summed E-state index contributed by atoms with van der Waals surface area (Å²) < 4.78 is 86.9. The molecule has 1 amide bonds. The van der Waals surface area contributed by atoms with Crippen LogP contribution in [-0.4, -0.2) is 63.2 Å². The highest BCUT2D eigenvalue weighted by Gasteiger charge is 2.45. The van der Waals surface area contributed by atoms with E-state index in [0.717, 1.165) is 18.5 Å².